The highest BCUT2D eigenvalue weighted by molar-refractivity contribution is 5.77. The number of hydrogen-bond donors (Lipinski definition) is 1. The summed E-state index contributed by atoms with van der Waals surface area (Å²) < 4.78 is 9.87. The zero-order valence-corrected chi connectivity index (χ0v) is 8.79. The Morgan fingerprint density at radius 1 is 1.38 bits per heavy atom. The molecule has 4 heteroatoms. The van der Waals surface area contributed by atoms with Crippen molar-refractivity contribution in [3.05, 3.63) is 0 Å². The second-order valence-corrected chi connectivity index (χ2v) is 2.98. The third-order valence-corrected chi connectivity index (χ3v) is 2.63. The Balaban J connectivity index is 4.62. The van der Waals surface area contributed by atoms with Gasteiger partial charge in [-0.25, -0.2) is 0 Å². The zero-order valence-electron chi connectivity index (χ0n) is 8.79. The fourth-order valence-electron chi connectivity index (χ4n) is 1.45. The summed E-state index contributed by atoms with van der Waals surface area (Å²) in [6.45, 7) is 3.88. The van der Waals surface area contributed by atoms with Crippen molar-refractivity contribution in [2.45, 2.75) is 38.3 Å². The number of methoxy groups -OCH3 is 2. The lowest BCUT2D eigenvalue weighted by Gasteiger charge is -2.34. The molecule has 0 aliphatic rings. The average Bonchev–Trinajstić information content (AvgIpc) is 2.20. The molecule has 0 heterocycles. The highest BCUT2D eigenvalue weighted by Crippen LogP contribution is 2.23. The van der Waals surface area contributed by atoms with E-state index >= 15 is 0 Å². The Morgan fingerprint density at radius 3 is 2.08 bits per heavy atom. The molecule has 13 heavy (non-hydrogen) atoms. The van der Waals surface area contributed by atoms with Crippen LogP contribution in [0.2, 0.25) is 0 Å². The first-order valence-electron chi connectivity index (χ1n) is 4.46. The van der Waals surface area contributed by atoms with E-state index in [-0.39, 0.29) is 0 Å². The van der Waals surface area contributed by atoms with Crippen LogP contribution >= 0.6 is 0 Å². The van der Waals surface area contributed by atoms with Gasteiger partial charge in [0, 0.05) is 7.11 Å². The third-order valence-electron chi connectivity index (χ3n) is 2.63. The Labute approximate surface area is 79.4 Å². The Morgan fingerprint density at radius 2 is 1.85 bits per heavy atom. The van der Waals surface area contributed by atoms with Gasteiger partial charge in [-0.05, 0) is 12.8 Å². The van der Waals surface area contributed by atoms with Crippen LogP contribution in [0.25, 0.3) is 0 Å². The minimum atomic E-state index is -0.711. The summed E-state index contributed by atoms with van der Waals surface area (Å²) >= 11 is 0. The molecule has 0 aliphatic heterocycles. The van der Waals surface area contributed by atoms with E-state index in [2.05, 4.69) is 4.74 Å². The van der Waals surface area contributed by atoms with Gasteiger partial charge in [0.2, 0.25) is 0 Å². The molecule has 0 saturated carbocycles. The molecule has 0 bridgehead atoms. The molecule has 0 aliphatic carbocycles. The lowest BCUT2D eigenvalue weighted by Crippen LogP contribution is -2.53. The molecule has 0 radical (unpaired) electrons. The van der Waals surface area contributed by atoms with Crippen LogP contribution < -0.4 is 5.73 Å². The van der Waals surface area contributed by atoms with Crippen molar-refractivity contribution < 1.29 is 14.3 Å². The summed E-state index contributed by atoms with van der Waals surface area (Å²) in [7, 11) is 2.89. The molecule has 0 amide bonds. The second-order valence-electron chi connectivity index (χ2n) is 2.98. The third kappa shape index (κ3) is 2.42. The second kappa shape index (κ2) is 5.19. The minimum absolute atomic E-state index is 0.425. The fraction of sp³-hybridized carbons (Fsp3) is 0.889. The summed E-state index contributed by atoms with van der Waals surface area (Å²) in [5.74, 6) is -0.425. The summed E-state index contributed by atoms with van der Waals surface area (Å²) in [4.78, 5) is 11.2. The van der Waals surface area contributed by atoms with Gasteiger partial charge in [0.25, 0.3) is 0 Å². The van der Waals surface area contributed by atoms with Gasteiger partial charge >= 0.3 is 5.97 Å². The van der Waals surface area contributed by atoms with Crippen LogP contribution in [0.4, 0.5) is 0 Å². The molecule has 0 aromatic carbocycles. The van der Waals surface area contributed by atoms with Gasteiger partial charge in [0.1, 0.15) is 6.04 Å². The van der Waals surface area contributed by atoms with E-state index in [1.807, 2.05) is 13.8 Å². The molecule has 1 atom stereocenters. The lowest BCUT2D eigenvalue weighted by molar-refractivity contribution is -0.151. The van der Waals surface area contributed by atoms with E-state index in [1.54, 1.807) is 7.11 Å². The molecule has 78 valence electrons. The first-order chi connectivity index (χ1) is 6.07. The Bertz CT molecular complexity index is 158. The molecule has 4 nitrogen and oxygen atoms in total. The van der Waals surface area contributed by atoms with Gasteiger partial charge in [-0.3, -0.25) is 4.79 Å². The number of ether oxygens (including phenoxy) is 2. The maximum absolute atomic E-state index is 11.2. The van der Waals surface area contributed by atoms with Crippen molar-refractivity contribution in [1.29, 1.82) is 0 Å². The topological polar surface area (TPSA) is 61.5 Å². The first-order valence-corrected chi connectivity index (χ1v) is 4.46. The number of esters is 1. The van der Waals surface area contributed by atoms with E-state index < -0.39 is 17.6 Å². The van der Waals surface area contributed by atoms with Crippen molar-refractivity contribution >= 4 is 5.97 Å². The van der Waals surface area contributed by atoms with E-state index in [1.165, 1.54) is 7.11 Å². The molecule has 0 rings (SSSR count). The molecule has 0 fully saturated rings. The molecule has 0 aromatic heterocycles. The van der Waals surface area contributed by atoms with Crippen LogP contribution in [0.15, 0.2) is 0 Å². The van der Waals surface area contributed by atoms with Gasteiger partial charge in [-0.2, -0.15) is 0 Å². The molecule has 0 spiro atoms. The number of hydrogen-bond acceptors (Lipinski definition) is 4. The van der Waals surface area contributed by atoms with Gasteiger partial charge < -0.3 is 15.2 Å². The standard InChI is InChI=1S/C9H19NO3/c1-5-9(6-2,13-4)7(10)8(11)12-3/h7H,5-6,10H2,1-4H3. The summed E-state index contributed by atoms with van der Waals surface area (Å²) in [6.07, 6.45) is 1.38. The van der Waals surface area contributed by atoms with Crippen molar-refractivity contribution in [2.75, 3.05) is 14.2 Å². The van der Waals surface area contributed by atoms with Crippen LogP contribution in [0.1, 0.15) is 26.7 Å². The number of carbonyl (C=O) groups excluding carboxylic acids is 1. The number of carbonyl (C=O) groups is 1. The zero-order chi connectivity index (χ0) is 10.5. The summed E-state index contributed by atoms with van der Waals surface area (Å²) in [6, 6.07) is -0.711. The molecule has 0 saturated heterocycles. The predicted molar refractivity (Wildman–Crippen MR) is 50.3 cm³/mol. The number of rotatable bonds is 5. The van der Waals surface area contributed by atoms with Crippen molar-refractivity contribution in [3.63, 3.8) is 0 Å². The number of nitrogens with two attached hydrogens (primary N) is 1. The van der Waals surface area contributed by atoms with Crippen LogP contribution in [0, 0.1) is 0 Å². The van der Waals surface area contributed by atoms with Crippen LogP contribution in [0.3, 0.4) is 0 Å². The Kier molecular flexibility index (Phi) is 4.95. The Hall–Kier alpha value is -0.610. The minimum Gasteiger partial charge on any atom is -0.468 e. The largest absolute Gasteiger partial charge is 0.468 e. The molecule has 0 aromatic rings. The van der Waals surface area contributed by atoms with Crippen LogP contribution in [-0.2, 0) is 14.3 Å². The van der Waals surface area contributed by atoms with Crippen molar-refractivity contribution in [1.82, 2.24) is 0 Å². The quantitative estimate of drug-likeness (QED) is 0.646. The van der Waals surface area contributed by atoms with E-state index in [0.717, 1.165) is 0 Å². The van der Waals surface area contributed by atoms with Gasteiger partial charge in [0.15, 0.2) is 0 Å². The highest BCUT2D eigenvalue weighted by Gasteiger charge is 2.38. The monoisotopic (exact) mass is 189 g/mol. The molecule has 2 N–H and O–H groups in total. The van der Waals surface area contributed by atoms with Gasteiger partial charge in [-0.15, -0.1) is 0 Å². The normalized spacial score (nSPS) is 13.9. The smallest absolute Gasteiger partial charge is 0.325 e. The van der Waals surface area contributed by atoms with Crippen LogP contribution in [-0.4, -0.2) is 31.8 Å². The molecule has 1 unspecified atom stereocenters. The van der Waals surface area contributed by atoms with E-state index in [9.17, 15) is 4.79 Å². The maximum atomic E-state index is 11.2. The summed E-state index contributed by atoms with van der Waals surface area (Å²) in [5.41, 5.74) is 5.15. The predicted octanol–water partition coefficient (Wildman–Crippen LogP) is 0.692. The fourth-order valence-corrected chi connectivity index (χ4v) is 1.45. The highest BCUT2D eigenvalue weighted by atomic mass is 16.5. The lowest BCUT2D eigenvalue weighted by atomic mass is 9.89. The average molecular weight is 189 g/mol. The maximum Gasteiger partial charge on any atom is 0.325 e. The summed E-state index contributed by atoms with van der Waals surface area (Å²) in [5, 5.41) is 0. The van der Waals surface area contributed by atoms with E-state index in [4.69, 9.17) is 10.5 Å². The van der Waals surface area contributed by atoms with Crippen LogP contribution in [0.5, 0.6) is 0 Å². The van der Waals surface area contributed by atoms with Crippen molar-refractivity contribution in [3.8, 4) is 0 Å². The van der Waals surface area contributed by atoms with Crippen molar-refractivity contribution in [2.24, 2.45) is 5.73 Å². The molecular formula is C9H19NO3. The molecular weight excluding hydrogens is 170 g/mol. The SMILES string of the molecule is CCC(CC)(OC)C(N)C(=O)OC. The van der Waals surface area contributed by atoms with Gasteiger partial charge in [-0.1, -0.05) is 13.8 Å². The van der Waals surface area contributed by atoms with E-state index in [0.29, 0.717) is 12.8 Å². The van der Waals surface area contributed by atoms with Gasteiger partial charge in [0.05, 0.1) is 12.7 Å². The first kappa shape index (κ1) is 12.4.